The Morgan fingerprint density at radius 1 is 0.950 bits per heavy atom. The summed E-state index contributed by atoms with van der Waals surface area (Å²) in [5, 5.41) is 4.62. The molecule has 0 atom stereocenters. The summed E-state index contributed by atoms with van der Waals surface area (Å²) in [6, 6.07) is 21.1. The third kappa shape index (κ3) is 3.72. The molecule has 2 aromatic rings. The standard InChI is InChI=1S/C18H22N2/c1-3-15-19(4-2)20(18-13-9-6-10-14-18)16-17-11-7-5-8-12-17/h3,5-14H,1,4,15-16H2,2H3. The number of hydrogen-bond donors (Lipinski definition) is 0. The lowest BCUT2D eigenvalue weighted by Gasteiger charge is -2.35. The number of benzene rings is 2. The second-order valence-electron chi connectivity index (χ2n) is 4.67. The Balaban J connectivity index is 2.26. The summed E-state index contributed by atoms with van der Waals surface area (Å²) in [6.45, 7) is 8.70. The number of hydrazine groups is 1. The van der Waals surface area contributed by atoms with Crippen LogP contribution in [0.15, 0.2) is 73.3 Å². The molecule has 0 aliphatic carbocycles. The van der Waals surface area contributed by atoms with Gasteiger partial charge in [-0.3, -0.25) is 0 Å². The Bertz CT molecular complexity index is 507. The minimum atomic E-state index is 0.845. The molecule has 0 amide bonds. The minimum absolute atomic E-state index is 0.845. The average Bonchev–Trinajstić information content (AvgIpc) is 2.52. The molecule has 0 unspecified atom stereocenters. The summed E-state index contributed by atoms with van der Waals surface area (Å²) in [5.74, 6) is 0. The molecule has 0 bridgehead atoms. The number of likely N-dealkylation sites (N-methyl/N-ethyl adjacent to an activating group) is 1. The van der Waals surface area contributed by atoms with Crippen molar-refractivity contribution in [2.45, 2.75) is 13.5 Å². The first kappa shape index (κ1) is 14.4. The van der Waals surface area contributed by atoms with Gasteiger partial charge in [0.05, 0.1) is 12.2 Å². The minimum Gasteiger partial charge on any atom is -0.301 e. The fraction of sp³-hybridized carbons (Fsp3) is 0.222. The molecule has 20 heavy (non-hydrogen) atoms. The van der Waals surface area contributed by atoms with Crippen LogP contribution in [-0.4, -0.2) is 18.1 Å². The molecule has 2 aromatic carbocycles. The van der Waals surface area contributed by atoms with E-state index in [-0.39, 0.29) is 0 Å². The molecule has 0 aliphatic rings. The molecule has 0 saturated heterocycles. The van der Waals surface area contributed by atoms with Gasteiger partial charge in [0.2, 0.25) is 0 Å². The van der Waals surface area contributed by atoms with Crippen LogP contribution in [0.5, 0.6) is 0 Å². The Labute approximate surface area is 121 Å². The Morgan fingerprint density at radius 3 is 2.10 bits per heavy atom. The van der Waals surface area contributed by atoms with E-state index in [0.717, 1.165) is 19.6 Å². The van der Waals surface area contributed by atoms with E-state index in [1.54, 1.807) is 0 Å². The summed E-state index contributed by atoms with van der Waals surface area (Å²) in [5.41, 5.74) is 2.51. The summed E-state index contributed by atoms with van der Waals surface area (Å²) in [6.07, 6.45) is 1.95. The fourth-order valence-corrected chi connectivity index (χ4v) is 2.26. The zero-order valence-electron chi connectivity index (χ0n) is 12.1. The average molecular weight is 266 g/mol. The molecule has 0 heterocycles. The van der Waals surface area contributed by atoms with Gasteiger partial charge < -0.3 is 5.01 Å². The van der Waals surface area contributed by atoms with Gasteiger partial charge in [0, 0.05) is 13.1 Å². The van der Waals surface area contributed by atoms with Crippen molar-refractivity contribution in [3.63, 3.8) is 0 Å². The Kier molecular flexibility index (Phi) is 5.39. The maximum atomic E-state index is 3.86. The molecule has 0 N–H and O–H groups in total. The lowest BCUT2D eigenvalue weighted by molar-refractivity contribution is 0.286. The highest BCUT2D eigenvalue weighted by Crippen LogP contribution is 2.19. The lowest BCUT2D eigenvalue weighted by Crippen LogP contribution is -2.42. The first-order valence-electron chi connectivity index (χ1n) is 7.07. The first-order chi connectivity index (χ1) is 9.85. The number of anilines is 1. The fourth-order valence-electron chi connectivity index (χ4n) is 2.26. The van der Waals surface area contributed by atoms with Crippen LogP contribution in [0.2, 0.25) is 0 Å². The monoisotopic (exact) mass is 266 g/mol. The number of rotatable bonds is 7. The predicted molar refractivity (Wildman–Crippen MR) is 86.5 cm³/mol. The molecule has 0 fully saturated rings. The maximum Gasteiger partial charge on any atom is 0.0597 e. The van der Waals surface area contributed by atoms with Crippen molar-refractivity contribution in [3.8, 4) is 0 Å². The Morgan fingerprint density at radius 2 is 1.55 bits per heavy atom. The van der Waals surface area contributed by atoms with Crippen LogP contribution in [0, 0.1) is 0 Å². The van der Waals surface area contributed by atoms with Crippen LogP contribution < -0.4 is 5.01 Å². The van der Waals surface area contributed by atoms with Crippen molar-refractivity contribution in [1.82, 2.24) is 5.01 Å². The molecular formula is C18H22N2. The van der Waals surface area contributed by atoms with Crippen LogP contribution in [0.4, 0.5) is 5.69 Å². The topological polar surface area (TPSA) is 6.48 Å². The third-order valence-corrected chi connectivity index (χ3v) is 3.28. The van der Waals surface area contributed by atoms with Crippen molar-refractivity contribution in [3.05, 3.63) is 78.9 Å². The molecular weight excluding hydrogens is 244 g/mol. The van der Waals surface area contributed by atoms with Gasteiger partial charge in [-0.2, -0.15) is 0 Å². The van der Waals surface area contributed by atoms with E-state index in [9.17, 15) is 0 Å². The van der Waals surface area contributed by atoms with Crippen molar-refractivity contribution >= 4 is 5.69 Å². The highest BCUT2D eigenvalue weighted by atomic mass is 15.6. The zero-order valence-corrected chi connectivity index (χ0v) is 12.1. The van der Waals surface area contributed by atoms with Gasteiger partial charge in [0.15, 0.2) is 0 Å². The molecule has 104 valence electrons. The highest BCUT2D eigenvalue weighted by Gasteiger charge is 2.13. The third-order valence-electron chi connectivity index (χ3n) is 3.28. The largest absolute Gasteiger partial charge is 0.301 e. The summed E-state index contributed by atoms with van der Waals surface area (Å²) in [7, 11) is 0. The van der Waals surface area contributed by atoms with E-state index in [1.807, 2.05) is 12.1 Å². The summed E-state index contributed by atoms with van der Waals surface area (Å²) in [4.78, 5) is 0. The summed E-state index contributed by atoms with van der Waals surface area (Å²) < 4.78 is 0. The van der Waals surface area contributed by atoms with E-state index in [2.05, 4.69) is 78.1 Å². The zero-order chi connectivity index (χ0) is 14.2. The van der Waals surface area contributed by atoms with Crippen molar-refractivity contribution in [1.29, 1.82) is 0 Å². The normalized spacial score (nSPS) is 10.5. The second-order valence-corrected chi connectivity index (χ2v) is 4.67. The SMILES string of the molecule is C=CCN(CC)N(Cc1ccccc1)c1ccccc1. The van der Waals surface area contributed by atoms with Gasteiger partial charge in [-0.05, 0) is 17.7 Å². The number of hydrogen-bond acceptors (Lipinski definition) is 2. The van der Waals surface area contributed by atoms with E-state index in [1.165, 1.54) is 11.3 Å². The van der Waals surface area contributed by atoms with Gasteiger partial charge in [0.1, 0.15) is 0 Å². The predicted octanol–water partition coefficient (Wildman–Crippen LogP) is 4.12. The van der Waals surface area contributed by atoms with Crippen LogP contribution in [-0.2, 0) is 6.54 Å². The molecule has 0 spiro atoms. The van der Waals surface area contributed by atoms with E-state index < -0.39 is 0 Å². The quantitative estimate of drug-likeness (QED) is 0.549. The number of para-hydroxylation sites is 1. The molecule has 2 nitrogen and oxygen atoms in total. The van der Waals surface area contributed by atoms with Gasteiger partial charge >= 0.3 is 0 Å². The van der Waals surface area contributed by atoms with Gasteiger partial charge in [0.25, 0.3) is 0 Å². The second kappa shape index (κ2) is 7.51. The lowest BCUT2D eigenvalue weighted by atomic mass is 10.2. The van der Waals surface area contributed by atoms with Crippen LogP contribution >= 0.6 is 0 Å². The van der Waals surface area contributed by atoms with E-state index >= 15 is 0 Å². The van der Waals surface area contributed by atoms with Crippen molar-refractivity contribution < 1.29 is 0 Å². The van der Waals surface area contributed by atoms with Gasteiger partial charge in [-0.1, -0.05) is 61.5 Å². The maximum absolute atomic E-state index is 3.86. The van der Waals surface area contributed by atoms with Crippen LogP contribution in [0.25, 0.3) is 0 Å². The van der Waals surface area contributed by atoms with Gasteiger partial charge in [-0.15, -0.1) is 6.58 Å². The number of nitrogens with zero attached hydrogens (tertiary/aromatic N) is 2. The molecule has 0 aromatic heterocycles. The van der Waals surface area contributed by atoms with Gasteiger partial charge in [-0.25, -0.2) is 5.01 Å². The van der Waals surface area contributed by atoms with E-state index in [0.29, 0.717) is 0 Å². The van der Waals surface area contributed by atoms with Crippen LogP contribution in [0.1, 0.15) is 12.5 Å². The summed E-state index contributed by atoms with van der Waals surface area (Å²) >= 11 is 0. The molecule has 2 heteroatoms. The first-order valence-corrected chi connectivity index (χ1v) is 7.07. The molecule has 0 saturated carbocycles. The van der Waals surface area contributed by atoms with Crippen molar-refractivity contribution in [2.75, 3.05) is 18.1 Å². The Hall–Kier alpha value is -2.06. The molecule has 0 aliphatic heterocycles. The van der Waals surface area contributed by atoms with Crippen LogP contribution in [0.3, 0.4) is 0 Å². The van der Waals surface area contributed by atoms with Crippen molar-refractivity contribution in [2.24, 2.45) is 0 Å². The highest BCUT2D eigenvalue weighted by molar-refractivity contribution is 5.45. The molecule has 0 radical (unpaired) electrons. The van der Waals surface area contributed by atoms with E-state index in [4.69, 9.17) is 0 Å². The smallest absolute Gasteiger partial charge is 0.0597 e. The molecule has 2 rings (SSSR count).